The first-order valence-corrected chi connectivity index (χ1v) is 8.28. The molecule has 0 saturated carbocycles. The maximum Gasteiger partial charge on any atom is 0.334 e. The molecule has 2 aromatic carbocycles. The maximum atomic E-state index is 12.5. The average molecular weight is 306 g/mol. The number of methoxy groups -OCH3 is 1. The second kappa shape index (κ2) is 6.90. The van der Waals surface area contributed by atoms with Crippen molar-refractivity contribution in [1.82, 2.24) is 0 Å². The van der Waals surface area contributed by atoms with E-state index in [1.165, 1.54) is 14.2 Å². The van der Waals surface area contributed by atoms with Crippen LogP contribution in [0.25, 0.3) is 11.1 Å². The Morgan fingerprint density at radius 1 is 0.905 bits per heavy atom. The number of benzene rings is 2. The summed E-state index contributed by atoms with van der Waals surface area (Å²) in [6, 6.07) is 15.6. The Morgan fingerprint density at radius 3 is 2.14 bits per heavy atom. The van der Waals surface area contributed by atoms with Gasteiger partial charge in [0, 0.05) is 19.8 Å². The van der Waals surface area contributed by atoms with Crippen molar-refractivity contribution in [3.05, 3.63) is 54.1 Å². The van der Waals surface area contributed by atoms with Crippen molar-refractivity contribution in [3.8, 4) is 16.9 Å². The van der Waals surface area contributed by atoms with Gasteiger partial charge in [-0.2, -0.15) is 0 Å². The van der Waals surface area contributed by atoms with E-state index in [9.17, 15) is 4.57 Å². The minimum atomic E-state index is -3.17. The Morgan fingerprint density at radius 2 is 1.57 bits per heavy atom. The zero-order chi connectivity index (χ0) is 15.3. The van der Waals surface area contributed by atoms with E-state index in [1.807, 2.05) is 48.5 Å². The van der Waals surface area contributed by atoms with Gasteiger partial charge in [-0.1, -0.05) is 42.5 Å². The van der Waals surface area contributed by atoms with Crippen LogP contribution in [0.4, 0.5) is 0 Å². The summed E-state index contributed by atoms with van der Waals surface area (Å²) >= 11 is 0. The first-order chi connectivity index (χ1) is 10.1. The Bertz CT molecular complexity index is 632. The van der Waals surface area contributed by atoms with Gasteiger partial charge in [0.25, 0.3) is 0 Å². The van der Waals surface area contributed by atoms with Crippen molar-refractivity contribution in [2.45, 2.75) is 6.16 Å². The Hall–Kier alpha value is -1.61. The van der Waals surface area contributed by atoms with E-state index in [1.54, 1.807) is 7.11 Å². The lowest BCUT2D eigenvalue weighted by molar-refractivity contribution is 0.274. The zero-order valence-corrected chi connectivity index (χ0v) is 13.3. The lowest BCUT2D eigenvalue weighted by Gasteiger charge is -2.18. The Kier molecular flexibility index (Phi) is 5.18. The molecule has 0 aromatic heterocycles. The molecule has 0 saturated heterocycles. The monoisotopic (exact) mass is 306 g/mol. The predicted octanol–water partition coefficient (Wildman–Crippen LogP) is 4.35. The van der Waals surface area contributed by atoms with Gasteiger partial charge in [0.2, 0.25) is 0 Å². The SMILES string of the molecule is COc1cccc(-c2ccccc2)c1CP(=O)(OC)OC. The van der Waals surface area contributed by atoms with Crippen molar-refractivity contribution in [2.75, 3.05) is 21.3 Å². The molecule has 21 heavy (non-hydrogen) atoms. The standard InChI is InChI=1S/C16H19O4P/c1-18-16-11-7-10-14(13-8-5-4-6-9-13)15(16)12-21(17,19-2)20-3/h4-11H,12H2,1-3H3. The molecule has 0 atom stereocenters. The molecule has 0 aliphatic heterocycles. The van der Waals surface area contributed by atoms with Crippen LogP contribution in [0.2, 0.25) is 0 Å². The highest BCUT2D eigenvalue weighted by Gasteiger charge is 2.26. The quantitative estimate of drug-likeness (QED) is 0.744. The largest absolute Gasteiger partial charge is 0.496 e. The molecule has 0 amide bonds. The molecular formula is C16H19O4P. The van der Waals surface area contributed by atoms with Crippen molar-refractivity contribution >= 4 is 7.60 Å². The fourth-order valence-electron chi connectivity index (χ4n) is 2.21. The summed E-state index contributed by atoms with van der Waals surface area (Å²) in [5, 5.41) is 0. The summed E-state index contributed by atoms with van der Waals surface area (Å²) in [5.74, 6) is 0.672. The molecule has 0 aliphatic carbocycles. The normalized spacial score (nSPS) is 11.4. The summed E-state index contributed by atoms with van der Waals surface area (Å²) in [6.07, 6.45) is 0.161. The van der Waals surface area contributed by atoms with Gasteiger partial charge in [-0.25, -0.2) is 0 Å². The molecule has 0 unspecified atom stereocenters. The first-order valence-electron chi connectivity index (χ1n) is 6.55. The average Bonchev–Trinajstić information content (AvgIpc) is 2.55. The van der Waals surface area contributed by atoms with Crippen LogP contribution < -0.4 is 4.74 Å². The third-order valence-electron chi connectivity index (χ3n) is 3.35. The van der Waals surface area contributed by atoms with Gasteiger partial charge in [-0.3, -0.25) is 4.57 Å². The molecule has 2 rings (SSSR count). The third-order valence-corrected chi connectivity index (χ3v) is 5.16. The van der Waals surface area contributed by atoms with Gasteiger partial charge in [-0.05, 0) is 17.2 Å². The van der Waals surface area contributed by atoms with E-state index in [2.05, 4.69) is 0 Å². The fraction of sp³-hybridized carbons (Fsp3) is 0.250. The smallest absolute Gasteiger partial charge is 0.334 e. The van der Waals surface area contributed by atoms with E-state index in [0.29, 0.717) is 5.75 Å². The molecule has 0 fully saturated rings. The van der Waals surface area contributed by atoms with Crippen LogP contribution >= 0.6 is 7.60 Å². The van der Waals surface area contributed by atoms with Gasteiger partial charge in [0.05, 0.1) is 13.3 Å². The van der Waals surface area contributed by atoms with E-state index in [4.69, 9.17) is 13.8 Å². The van der Waals surface area contributed by atoms with E-state index in [0.717, 1.165) is 16.7 Å². The van der Waals surface area contributed by atoms with Crippen LogP contribution in [0.1, 0.15) is 5.56 Å². The van der Waals surface area contributed by atoms with Gasteiger partial charge >= 0.3 is 7.60 Å². The highest BCUT2D eigenvalue weighted by molar-refractivity contribution is 7.53. The van der Waals surface area contributed by atoms with Crippen molar-refractivity contribution in [3.63, 3.8) is 0 Å². The lowest BCUT2D eigenvalue weighted by atomic mass is 10.00. The molecule has 0 aliphatic rings. The van der Waals surface area contributed by atoms with Gasteiger partial charge in [0.15, 0.2) is 0 Å². The van der Waals surface area contributed by atoms with Gasteiger partial charge in [-0.15, -0.1) is 0 Å². The molecule has 2 aromatic rings. The molecular weight excluding hydrogens is 287 g/mol. The summed E-state index contributed by atoms with van der Waals surface area (Å²) in [7, 11) is 1.21. The summed E-state index contributed by atoms with van der Waals surface area (Å²) in [5.41, 5.74) is 2.81. The topological polar surface area (TPSA) is 44.8 Å². The molecule has 0 heterocycles. The van der Waals surface area contributed by atoms with Crippen molar-refractivity contribution in [1.29, 1.82) is 0 Å². The van der Waals surface area contributed by atoms with Crippen molar-refractivity contribution < 1.29 is 18.3 Å². The van der Waals surface area contributed by atoms with E-state index in [-0.39, 0.29) is 6.16 Å². The molecule has 0 radical (unpaired) electrons. The summed E-state index contributed by atoms with van der Waals surface area (Å²) in [6.45, 7) is 0. The number of ether oxygens (including phenoxy) is 1. The Balaban J connectivity index is 2.55. The van der Waals surface area contributed by atoms with Crippen molar-refractivity contribution in [2.24, 2.45) is 0 Å². The second-order valence-electron chi connectivity index (χ2n) is 4.49. The van der Waals surface area contributed by atoms with E-state index >= 15 is 0 Å². The third kappa shape index (κ3) is 3.53. The summed E-state index contributed by atoms with van der Waals surface area (Å²) in [4.78, 5) is 0. The molecule has 0 N–H and O–H groups in total. The molecule has 0 spiro atoms. The van der Waals surface area contributed by atoms with Crippen LogP contribution in [-0.4, -0.2) is 21.3 Å². The molecule has 0 bridgehead atoms. The molecule has 112 valence electrons. The highest BCUT2D eigenvalue weighted by Crippen LogP contribution is 2.52. The molecule has 4 nitrogen and oxygen atoms in total. The van der Waals surface area contributed by atoms with Crippen LogP contribution in [0.3, 0.4) is 0 Å². The molecule has 5 heteroatoms. The number of rotatable bonds is 6. The van der Waals surface area contributed by atoms with Crippen LogP contribution in [0.15, 0.2) is 48.5 Å². The van der Waals surface area contributed by atoms with Crippen LogP contribution in [-0.2, 0) is 19.8 Å². The van der Waals surface area contributed by atoms with Crippen LogP contribution in [0.5, 0.6) is 5.75 Å². The summed E-state index contributed by atoms with van der Waals surface area (Å²) < 4.78 is 28.0. The van der Waals surface area contributed by atoms with Gasteiger partial charge < -0.3 is 13.8 Å². The lowest BCUT2D eigenvalue weighted by Crippen LogP contribution is -1.99. The fourth-order valence-corrected chi connectivity index (χ4v) is 3.33. The van der Waals surface area contributed by atoms with Gasteiger partial charge in [0.1, 0.15) is 5.75 Å². The minimum absolute atomic E-state index is 0.161. The maximum absolute atomic E-state index is 12.5. The minimum Gasteiger partial charge on any atom is -0.496 e. The van der Waals surface area contributed by atoms with Crippen LogP contribution in [0, 0.1) is 0 Å². The predicted molar refractivity (Wildman–Crippen MR) is 83.8 cm³/mol. The second-order valence-corrected chi connectivity index (χ2v) is 6.75. The zero-order valence-electron chi connectivity index (χ0n) is 12.4. The first kappa shape index (κ1) is 15.8. The highest BCUT2D eigenvalue weighted by atomic mass is 31.2. The number of hydrogen-bond acceptors (Lipinski definition) is 4. The Labute approximate surface area is 125 Å². The number of hydrogen-bond donors (Lipinski definition) is 0. The van der Waals surface area contributed by atoms with E-state index < -0.39 is 7.60 Å².